The van der Waals surface area contributed by atoms with Crippen LogP contribution in [-0.2, 0) is 5.54 Å². The first-order valence-corrected chi connectivity index (χ1v) is 4.61. The van der Waals surface area contributed by atoms with Crippen LogP contribution in [0.5, 0.6) is 0 Å². The van der Waals surface area contributed by atoms with Crippen LogP contribution in [0, 0.1) is 10.1 Å². The third-order valence-corrected chi connectivity index (χ3v) is 2.83. The van der Waals surface area contributed by atoms with E-state index in [0.29, 0.717) is 5.56 Å². The van der Waals surface area contributed by atoms with E-state index in [-0.39, 0.29) is 5.82 Å². The minimum Gasteiger partial charge on any atom is -0.358 e. The fraction of sp³-hybridized carbons (Fsp3) is 0.625. The number of hydrogen-bond acceptors (Lipinski definition) is 4. The van der Waals surface area contributed by atoms with Crippen molar-refractivity contribution in [1.29, 1.82) is 0 Å². The van der Waals surface area contributed by atoms with Crippen LogP contribution >= 0.6 is 0 Å². The zero-order chi connectivity index (χ0) is 10.2. The van der Waals surface area contributed by atoms with Crippen LogP contribution in [0.15, 0.2) is 6.20 Å². The first-order chi connectivity index (χ1) is 6.63. The fourth-order valence-electron chi connectivity index (χ4n) is 2.06. The number of H-pyrrole nitrogens is 1. The zero-order valence-corrected chi connectivity index (χ0v) is 7.69. The van der Waals surface area contributed by atoms with Gasteiger partial charge in [-0.05, 0) is 17.8 Å². The molecule has 0 atom stereocenters. The maximum atomic E-state index is 10.7. The largest absolute Gasteiger partial charge is 0.358 e. The number of nitrogens with zero attached hydrogens (tertiary/aromatic N) is 2. The van der Waals surface area contributed by atoms with Gasteiger partial charge in [-0.2, -0.15) is 0 Å². The summed E-state index contributed by atoms with van der Waals surface area (Å²) in [5.74, 6) is -0.0607. The van der Waals surface area contributed by atoms with Gasteiger partial charge in [0.25, 0.3) is 0 Å². The first-order valence-electron chi connectivity index (χ1n) is 4.61. The Balaban J connectivity index is 2.40. The Bertz CT molecular complexity index is 354. The molecule has 1 aromatic rings. The van der Waals surface area contributed by atoms with Crippen molar-refractivity contribution in [1.82, 2.24) is 10.2 Å². The molecule has 3 N–H and O–H groups in total. The minimum atomic E-state index is -0.546. The van der Waals surface area contributed by atoms with Crippen molar-refractivity contribution in [3.8, 4) is 0 Å². The molecule has 1 aliphatic carbocycles. The molecule has 1 aromatic heterocycles. The van der Waals surface area contributed by atoms with Crippen LogP contribution in [0.4, 0.5) is 5.82 Å². The van der Waals surface area contributed by atoms with E-state index in [9.17, 15) is 10.1 Å². The highest BCUT2D eigenvalue weighted by Gasteiger charge is 2.37. The van der Waals surface area contributed by atoms with E-state index in [1.54, 1.807) is 0 Å². The molecule has 1 saturated carbocycles. The fourth-order valence-corrected chi connectivity index (χ4v) is 2.06. The van der Waals surface area contributed by atoms with Crippen molar-refractivity contribution in [2.24, 2.45) is 5.73 Å². The number of rotatable bonds is 2. The molecule has 0 saturated heterocycles. The lowest BCUT2D eigenvalue weighted by atomic mass is 9.91. The second-order valence-corrected chi connectivity index (χ2v) is 3.75. The Morgan fingerprint density at radius 3 is 2.79 bits per heavy atom. The lowest BCUT2D eigenvalue weighted by Gasteiger charge is -2.20. The molecular weight excluding hydrogens is 184 g/mol. The number of aromatic amines is 1. The third-order valence-electron chi connectivity index (χ3n) is 2.83. The van der Waals surface area contributed by atoms with Gasteiger partial charge in [0.2, 0.25) is 0 Å². The van der Waals surface area contributed by atoms with Crippen LogP contribution in [-0.4, -0.2) is 15.1 Å². The van der Waals surface area contributed by atoms with Crippen LogP contribution in [0.25, 0.3) is 0 Å². The minimum absolute atomic E-state index is 0.0607. The normalized spacial score (nSPS) is 19.8. The molecule has 1 aliphatic rings. The molecule has 0 amide bonds. The zero-order valence-electron chi connectivity index (χ0n) is 7.69. The molecule has 0 radical (unpaired) electrons. The molecule has 0 bridgehead atoms. The summed E-state index contributed by atoms with van der Waals surface area (Å²) in [4.78, 5) is 10.2. The van der Waals surface area contributed by atoms with E-state index in [0.717, 1.165) is 25.7 Å². The molecule has 0 unspecified atom stereocenters. The molecule has 6 heteroatoms. The molecule has 0 spiro atoms. The third kappa shape index (κ3) is 1.27. The molecule has 1 heterocycles. The maximum Gasteiger partial charge on any atom is 0.347 e. The number of hydrogen-bond donors (Lipinski definition) is 2. The van der Waals surface area contributed by atoms with Crippen LogP contribution in [0.1, 0.15) is 31.2 Å². The lowest BCUT2D eigenvalue weighted by molar-refractivity contribution is -0.390. The number of nitrogens with one attached hydrogen (secondary N) is 1. The summed E-state index contributed by atoms with van der Waals surface area (Å²) in [7, 11) is 0. The molecule has 76 valence electrons. The van der Waals surface area contributed by atoms with Crippen LogP contribution in [0.3, 0.4) is 0 Å². The highest BCUT2D eigenvalue weighted by molar-refractivity contribution is 5.37. The van der Waals surface area contributed by atoms with E-state index in [2.05, 4.69) is 10.2 Å². The van der Waals surface area contributed by atoms with Gasteiger partial charge < -0.3 is 15.8 Å². The summed E-state index contributed by atoms with van der Waals surface area (Å²) >= 11 is 0. The van der Waals surface area contributed by atoms with Gasteiger partial charge >= 0.3 is 5.82 Å². The average Bonchev–Trinajstić information content (AvgIpc) is 2.71. The Hall–Kier alpha value is -1.43. The van der Waals surface area contributed by atoms with Gasteiger partial charge in [0, 0.05) is 0 Å². The SMILES string of the molecule is NC1(c2cn[nH]c2[N+](=O)[O-])CCCC1. The monoisotopic (exact) mass is 196 g/mol. The number of aromatic nitrogens is 2. The van der Waals surface area contributed by atoms with Crippen LogP contribution in [0.2, 0.25) is 0 Å². The quantitative estimate of drug-likeness (QED) is 0.545. The summed E-state index contributed by atoms with van der Waals surface area (Å²) in [6.45, 7) is 0. The molecule has 2 rings (SSSR count). The summed E-state index contributed by atoms with van der Waals surface area (Å²) in [6.07, 6.45) is 5.13. The van der Waals surface area contributed by atoms with Crippen molar-refractivity contribution >= 4 is 5.82 Å². The predicted octanol–water partition coefficient (Wildman–Crippen LogP) is 1.05. The van der Waals surface area contributed by atoms with Crippen molar-refractivity contribution in [3.63, 3.8) is 0 Å². The Morgan fingerprint density at radius 1 is 1.57 bits per heavy atom. The second-order valence-electron chi connectivity index (χ2n) is 3.75. The summed E-state index contributed by atoms with van der Waals surface area (Å²) < 4.78 is 0. The highest BCUT2D eigenvalue weighted by Crippen LogP contribution is 2.39. The van der Waals surface area contributed by atoms with E-state index in [1.165, 1.54) is 6.20 Å². The van der Waals surface area contributed by atoms with Crippen molar-refractivity contribution in [2.75, 3.05) is 0 Å². The predicted molar refractivity (Wildman–Crippen MR) is 49.6 cm³/mol. The molecular formula is C8H12N4O2. The summed E-state index contributed by atoms with van der Waals surface area (Å²) in [6, 6.07) is 0. The van der Waals surface area contributed by atoms with Gasteiger partial charge in [-0.3, -0.25) is 0 Å². The number of nitrogens with two attached hydrogens (primary N) is 1. The Morgan fingerprint density at radius 2 is 2.21 bits per heavy atom. The van der Waals surface area contributed by atoms with E-state index >= 15 is 0 Å². The van der Waals surface area contributed by atoms with Crippen molar-refractivity contribution in [2.45, 2.75) is 31.2 Å². The average molecular weight is 196 g/mol. The number of nitro groups is 1. The van der Waals surface area contributed by atoms with Gasteiger partial charge in [0.1, 0.15) is 0 Å². The molecule has 0 aromatic carbocycles. The second kappa shape index (κ2) is 3.06. The Labute approximate surface area is 80.6 Å². The van der Waals surface area contributed by atoms with E-state index < -0.39 is 10.5 Å². The highest BCUT2D eigenvalue weighted by atomic mass is 16.6. The summed E-state index contributed by atoms with van der Waals surface area (Å²) in [5.41, 5.74) is 6.09. The molecule has 14 heavy (non-hydrogen) atoms. The topological polar surface area (TPSA) is 97.8 Å². The molecule has 1 fully saturated rings. The van der Waals surface area contributed by atoms with Crippen LogP contribution < -0.4 is 5.73 Å². The first kappa shape index (κ1) is 9.14. The van der Waals surface area contributed by atoms with E-state index in [1.807, 2.05) is 0 Å². The van der Waals surface area contributed by atoms with Gasteiger partial charge in [-0.25, -0.2) is 0 Å². The van der Waals surface area contributed by atoms with Crippen molar-refractivity contribution < 1.29 is 4.92 Å². The van der Waals surface area contributed by atoms with Gasteiger partial charge in [0.15, 0.2) is 0 Å². The summed E-state index contributed by atoms with van der Waals surface area (Å²) in [5, 5.41) is 16.7. The van der Waals surface area contributed by atoms with Gasteiger partial charge in [-0.1, -0.05) is 17.9 Å². The van der Waals surface area contributed by atoms with Gasteiger partial charge in [0.05, 0.1) is 17.3 Å². The lowest BCUT2D eigenvalue weighted by Crippen LogP contribution is -2.33. The molecule has 6 nitrogen and oxygen atoms in total. The van der Waals surface area contributed by atoms with E-state index in [4.69, 9.17) is 5.73 Å². The maximum absolute atomic E-state index is 10.7. The van der Waals surface area contributed by atoms with Crippen molar-refractivity contribution in [3.05, 3.63) is 21.9 Å². The Kier molecular flexibility index (Phi) is 1.99. The standard InChI is InChI=1S/C8H12N4O2/c9-8(3-1-2-4-8)6-5-10-11-7(6)12(13)14/h5H,1-4,9H2,(H,10,11). The molecule has 0 aliphatic heterocycles. The van der Waals surface area contributed by atoms with Gasteiger partial charge in [-0.15, -0.1) is 5.10 Å². The smallest absolute Gasteiger partial charge is 0.347 e.